The third kappa shape index (κ3) is 4.93. The molecule has 10 nitrogen and oxygen atoms in total. The average molecular weight is 575 g/mol. The van der Waals surface area contributed by atoms with Crippen LogP contribution in [0.2, 0.25) is 0 Å². The van der Waals surface area contributed by atoms with Gasteiger partial charge in [0.05, 0.1) is 11.0 Å². The highest BCUT2D eigenvalue weighted by molar-refractivity contribution is 7.90. The van der Waals surface area contributed by atoms with Gasteiger partial charge in [-0.3, -0.25) is 14.4 Å². The molecule has 4 aliphatic carbocycles. The van der Waals surface area contributed by atoms with Crippen LogP contribution in [0, 0.1) is 28.6 Å². The largest absolute Gasteiger partial charge is 0.399 e. The second-order valence-electron chi connectivity index (χ2n) is 11.9. The van der Waals surface area contributed by atoms with Crippen molar-refractivity contribution in [2.75, 3.05) is 12.3 Å². The minimum Gasteiger partial charge on any atom is -0.399 e. The Morgan fingerprint density at radius 3 is 2.40 bits per heavy atom. The summed E-state index contributed by atoms with van der Waals surface area (Å²) >= 11 is 0. The van der Waals surface area contributed by atoms with Gasteiger partial charge >= 0.3 is 0 Å². The number of aliphatic hydroxyl groups is 3. The maximum absolute atomic E-state index is 12.4. The molecule has 1 amide bonds. The van der Waals surface area contributed by atoms with Gasteiger partial charge in [0.15, 0.2) is 11.6 Å². The number of amides is 1. The van der Waals surface area contributed by atoms with Gasteiger partial charge in [-0.1, -0.05) is 25.5 Å². The summed E-state index contributed by atoms with van der Waals surface area (Å²) in [6.07, 6.45) is 7.68. The molecule has 7 atom stereocenters. The normalized spacial score (nSPS) is 36.2. The quantitative estimate of drug-likeness (QED) is 0.334. The number of Topliss-reactive ketones (excluding diaryl/α,β-unsaturated/α-hetero) is 1. The molecule has 1 aromatic rings. The molecule has 0 saturated heterocycles. The molecule has 6 N–H and O–H groups in total. The maximum atomic E-state index is 12.4. The third-order valence-corrected chi connectivity index (χ3v) is 11.2. The first-order chi connectivity index (χ1) is 18.6. The SMILES string of the molecule is CC(=O)NS(=O)(=O)c1ccc(N)cc1.C[C@]12C=CC(=O)C=C1CC[C@@H]1[C@@H]2[C@@H](O)C[C@@]2(C)[C@H]1CC[C@]2(O)C(=O)CO. The van der Waals surface area contributed by atoms with Crippen LogP contribution in [-0.4, -0.2) is 59.5 Å². The fourth-order valence-electron chi connectivity index (χ4n) is 7.81. The van der Waals surface area contributed by atoms with Crippen molar-refractivity contribution >= 4 is 33.2 Å². The van der Waals surface area contributed by atoms with E-state index in [0.29, 0.717) is 18.5 Å². The molecule has 0 bridgehead atoms. The van der Waals surface area contributed by atoms with Crippen molar-refractivity contribution in [1.29, 1.82) is 0 Å². The number of nitrogens with one attached hydrogen (secondary N) is 1. The molecule has 0 heterocycles. The van der Waals surface area contributed by atoms with Gasteiger partial charge in [-0.2, -0.15) is 0 Å². The lowest BCUT2D eigenvalue weighted by Gasteiger charge is -2.59. The number of rotatable bonds is 4. The van der Waals surface area contributed by atoms with Crippen LogP contribution in [0.15, 0.2) is 53.0 Å². The first kappa shape index (κ1) is 30.1. The summed E-state index contributed by atoms with van der Waals surface area (Å²) < 4.78 is 24.6. The van der Waals surface area contributed by atoms with Crippen LogP contribution in [0.3, 0.4) is 0 Å². The van der Waals surface area contributed by atoms with E-state index >= 15 is 0 Å². The van der Waals surface area contributed by atoms with Crippen molar-refractivity contribution in [1.82, 2.24) is 4.72 Å². The van der Waals surface area contributed by atoms with Gasteiger partial charge < -0.3 is 21.1 Å². The minimum absolute atomic E-state index is 0.00912. The van der Waals surface area contributed by atoms with E-state index in [0.717, 1.165) is 31.8 Å². The Labute approximate surface area is 234 Å². The number of benzene rings is 1. The van der Waals surface area contributed by atoms with Gasteiger partial charge in [0, 0.05) is 29.4 Å². The molecule has 0 aromatic heterocycles. The van der Waals surface area contributed by atoms with Gasteiger partial charge in [-0.15, -0.1) is 0 Å². The van der Waals surface area contributed by atoms with Crippen molar-refractivity contribution in [3.05, 3.63) is 48.1 Å². The number of allylic oxidation sites excluding steroid dienone is 4. The van der Waals surface area contributed by atoms with Crippen LogP contribution in [0.4, 0.5) is 5.69 Å². The fourth-order valence-corrected chi connectivity index (χ4v) is 8.81. The van der Waals surface area contributed by atoms with Gasteiger partial charge in [0.1, 0.15) is 12.2 Å². The molecule has 4 aliphatic rings. The summed E-state index contributed by atoms with van der Waals surface area (Å²) in [7, 11) is -3.73. The van der Waals surface area contributed by atoms with Crippen molar-refractivity contribution in [2.45, 2.75) is 69.5 Å². The number of fused-ring (bicyclic) bond motifs is 5. The summed E-state index contributed by atoms with van der Waals surface area (Å²) in [4.78, 5) is 34.8. The van der Waals surface area contributed by atoms with Crippen molar-refractivity contribution in [3.63, 3.8) is 0 Å². The van der Waals surface area contributed by atoms with Gasteiger partial charge in [0.25, 0.3) is 10.0 Å². The number of ketones is 2. The monoisotopic (exact) mass is 574 g/mol. The lowest BCUT2D eigenvalue weighted by atomic mass is 9.46. The van der Waals surface area contributed by atoms with Crippen molar-refractivity contribution < 1.29 is 38.1 Å². The summed E-state index contributed by atoms with van der Waals surface area (Å²) in [6, 6.07) is 5.57. The van der Waals surface area contributed by atoms with Gasteiger partial charge in [-0.25, -0.2) is 13.1 Å². The van der Waals surface area contributed by atoms with E-state index in [2.05, 4.69) is 6.92 Å². The number of hydrogen-bond donors (Lipinski definition) is 5. The minimum atomic E-state index is -3.73. The molecule has 0 aliphatic heterocycles. The number of sulfonamides is 1. The van der Waals surface area contributed by atoms with E-state index in [4.69, 9.17) is 5.73 Å². The Morgan fingerprint density at radius 2 is 1.80 bits per heavy atom. The summed E-state index contributed by atoms with van der Waals surface area (Å²) in [6.45, 7) is 4.48. The van der Waals surface area contributed by atoms with Crippen molar-refractivity contribution in [3.8, 4) is 0 Å². The highest BCUT2D eigenvalue weighted by Gasteiger charge is 2.67. The molecular formula is C29H38N2O8S. The van der Waals surface area contributed by atoms with Crippen LogP contribution in [0.1, 0.15) is 52.9 Å². The molecule has 0 spiro atoms. The number of carbonyl (C=O) groups excluding carboxylic acids is 3. The molecule has 1 aromatic carbocycles. The molecule has 3 fully saturated rings. The summed E-state index contributed by atoms with van der Waals surface area (Å²) in [5, 5.41) is 31.7. The number of nitrogens with two attached hydrogens (primary N) is 1. The topological polar surface area (TPSA) is 184 Å². The van der Waals surface area contributed by atoms with Crippen molar-refractivity contribution in [2.24, 2.45) is 28.6 Å². The second-order valence-corrected chi connectivity index (χ2v) is 13.6. The zero-order chi connectivity index (χ0) is 29.7. The van der Waals surface area contributed by atoms with E-state index in [1.165, 1.54) is 24.3 Å². The number of anilines is 1. The Balaban J connectivity index is 0.000000224. The summed E-state index contributed by atoms with van der Waals surface area (Å²) in [5.41, 5.74) is 4.31. The van der Waals surface area contributed by atoms with E-state index in [-0.39, 0.29) is 33.8 Å². The van der Waals surface area contributed by atoms with Gasteiger partial charge in [-0.05, 0) is 80.4 Å². The molecule has 0 radical (unpaired) electrons. The highest BCUT2D eigenvalue weighted by Crippen LogP contribution is 2.67. The fraction of sp³-hybridized carbons (Fsp3) is 0.552. The second kappa shape index (κ2) is 10.5. The van der Waals surface area contributed by atoms with Gasteiger partial charge in [0.2, 0.25) is 5.91 Å². The third-order valence-electron chi connectivity index (χ3n) is 9.72. The Morgan fingerprint density at radius 1 is 1.15 bits per heavy atom. The standard InChI is InChI=1S/C21H28O5.C8H10N2O3S/c1-19-7-5-13(23)9-12(19)3-4-14-15-6-8-21(26,17(25)11-22)20(15,2)10-16(24)18(14)19;1-6(11)10-14(12,13)8-4-2-7(9)3-5-8/h5,7,9,14-16,18,22,24,26H,3-4,6,8,10-11H2,1-2H3;2-5H,9H2,1H3,(H,10,11)/t14-,15-,16-,18+,19-,20-,21-;/m0./s1. The maximum Gasteiger partial charge on any atom is 0.264 e. The Bertz CT molecular complexity index is 1370. The molecular weight excluding hydrogens is 536 g/mol. The summed E-state index contributed by atoms with van der Waals surface area (Å²) in [5.74, 6) is -0.850. The Kier molecular flexibility index (Phi) is 7.92. The lowest BCUT2D eigenvalue weighted by molar-refractivity contribution is -0.178. The number of nitrogen functional groups attached to an aromatic ring is 1. The van der Waals surface area contributed by atoms with E-state index < -0.39 is 45.4 Å². The highest BCUT2D eigenvalue weighted by atomic mass is 32.2. The van der Waals surface area contributed by atoms with E-state index in [1.807, 2.05) is 17.7 Å². The predicted octanol–water partition coefficient (Wildman–Crippen LogP) is 1.65. The zero-order valence-electron chi connectivity index (χ0n) is 23.0. The molecule has 40 heavy (non-hydrogen) atoms. The first-order valence-electron chi connectivity index (χ1n) is 13.5. The molecule has 11 heteroatoms. The first-order valence-corrected chi connectivity index (χ1v) is 14.9. The van der Waals surface area contributed by atoms with Crippen LogP contribution in [0.5, 0.6) is 0 Å². The zero-order valence-corrected chi connectivity index (χ0v) is 23.8. The number of carbonyl (C=O) groups is 3. The van der Waals surface area contributed by atoms with Crippen LogP contribution < -0.4 is 10.5 Å². The molecule has 3 saturated carbocycles. The molecule has 5 rings (SSSR count). The van der Waals surface area contributed by atoms with E-state index in [1.54, 1.807) is 12.2 Å². The molecule has 0 unspecified atom stereocenters. The van der Waals surface area contributed by atoms with Crippen LogP contribution in [-0.2, 0) is 24.4 Å². The average Bonchev–Trinajstić information content (AvgIpc) is 3.14. The van der Waals surface area contributed by atoms with Crippen LogP contribution >= 0.6 is 0 Å². The predicted molar refractivity (Wildman–Crippen MR) is 147 cm³/mol. The smallest absolute Gasteiger partial charge is 0.264 e. The Hall–Kier alpha value is -2.86. The van der Waals surface area contributed by atoms with E-state index in [9.17, 15) is 38.1 Å². The molecule has 218 valence electrons. The number of aliphatic hydroxyl groups excluding tert-OH is 2. The lowest BCUT2D eigenvalue weighted by Crippen LogP contribution is -2.61. The van der Waals surface area contributed by atoms with Crippen LogP contribution in [0.25, 0.3) is 0 Å². The number of hydrogen-bond acceptors (Lipinski definition) is 9.